The molecule has 33 heavy (non-hydrogen) atoms. The first-order valence-corrected chi connectivity index (χ1v) is 11.6. The number of nitrogens with zero attached hydrogens (tertiary/aromatic N) is 4. The van der Waals surface area contributed by atoms with E-state index in [1.54, 1.807) is 16.7 Å². The zero-order chi connectivity index (χ0) is 22.8. The fourth-order valence-electron chi connectivity index (χ4n) is 3.94. The number of para-hydroxylation sites is 3. The van der Waals surface area contributed by atoms with Gasteiger partial charge in [-0.15, -0.1) is 0 Å². The van der Waals surface area contributed by atoms with E-state index in [0.29, 0.717) is 40.6 Å². The fraction of sp³-hybridized carbons (Fsp3) is 0.250. The molecule has 0 radical (unpaired) electrons. The Morgan fingerprint density at radius 3 is 2.76 bits per heavy atom. The Morgan fingerprint density at radius 2 is 2.00 bits per heavy atom. The number of thioether (sulfide) groups is 1. The van der Waals surface area contributed by atoms with Crippen LogP contribution in [0.2, 0.25) is 0 Å². The van der Waals surface area contributed by atoms with Crippen LogP contribution in [0, 0.1) is 11.3 Å². The summed E-state index contributed by atoms with van der Waals surface area (Å²) in [6.07, 6.45) is 1.81. The van der Waals surface area contributed by atoms with Crippen LogP contribution >= 0.6 is 11.8 Å². The van der Waals surface area contributed by atoms with Crippen LogP contribution in [0.4, 0.5) is 0 Å². The van der Waals surface area contributed by atoms with Gasteiger partial charge in [0.2, 0.25) is 0 Å². The van der Waals surface area contributed by atoms with Gasteiger partial charge in [-0.2, -0.15) is 5.26 Å². The molecular formula is C24H21N5O3S. The molecule has 2 aromatic carbocycles. The van der Waals surface area contributed by atoms with E-state index in [4.69, 9.17) is 4.74 Å². The van der Waals surface area contributed by atoms with Crippen LogP contribution in [0.3, 0.4) is 0 Å². The van der Waals surface area contributed by atoms with Crippen molar-refractivity contribution in [3.8, 4) is 6.07 Å². The molecule has 4 aromatic rings. The van der Waals surface area contributed by atoms with Gasteiger partial charge in [0.1, 0.15) is 17.4 Å². The van der Waals surface area contributed by atoms with Crippen LogP contribution < -0.4 is 5.56 Å². The van der Waals surface area contributed by atoms with E-state index >= 15 is 0 Å². The quantitative estimate of drug-likeness (QED) is 0.193. The number of H-pyrrole nitrogens is 1. The van der Waals surface area contributed by atoms with E-state index in [1.807, 2.05) is 42.5 Å². The molecule has 0 saturated carbocycles. The molecule has 3 heterocycles. The molecular weight excluding hydrogens is 438 g/mol. The molecule has 2 N–H and O–H groups in total. The zero-order valence-electron chi connectivity index (χ0n) is 17.7. The lowest BCUT2D eigenvalue weighted by molar-refractivity contribution is 0.0937. The van der Waals surface area contributed by atoms with Crippen molar-refractivity contribution in [1.29, 1.82) is 5.26 Å². The summed E-state index contributed by atoms with van der Waals surface area (Å²) in [6, 6.07) is 16.7. The van der Waals surface area contributed by atoms with Crippen molar-refractivity contribution in [3.05, 3.63) is 70.5 Å². The number of benzene rings is 2. The summed E-state index contributed by atoms with van der Waals surface area (Å²) in [5, 5.41) is 21.4. The molecule has 1 fully saturated rings. The first kappa shape index (κ1) is 21.2. The lowest BCUT2D eigenvalue weighted by Gasteiger charge is -2.16. The number of imidazole rings is 1. The Morgan fingerprint density at radius 1 is 1.21 bits per heavy atom. The average molecular weight is 460 g/mol. The summed E-state index contributed by atoms with van der Waals surface area (Å²) in [7, 11) is 0. The van der Waals surface area contributed by atoms with Gasteiger partial charge in [0.25, 0.3) is 5.56 Å². The fourth-order valence-corrected chi connectivity index (χ4v) is 4.83. The number of ether oxygens (including phenoxy) is 1. The van der Waals surface area contributed by atoms with Crippen molar-refractivity contribution in [1.82, 2.24) is 19.5 Å². The second-order valence-electron chi connectivity index (χ2n) is 7.79. The van der Waals surface area contributed by atoms with Crippen molar-refractivity contribution in [2.45, 2.75) is 30.6 Å². The second-order valence-corrected chi connectivity index (χ2v) is 8.73. The number of nitriles is 1. The lowest BCUT2D eigenvalue weighted by atomic mass is 10.2. The lowest BCUT2D eigenvalue weighted by Crippen LogP contribution is -2.28. The van der Waals surface area contributed by atoms with Crippen LogP contribution in [0.25, 0.3) is 27.5 Å². The first-order chi connectivity index (χ1) is 16.1. The molecule has 1 aliphatic heterocycles. The van der Waals surface area contributed by atoms with Gasteiger partial charge < -0.3 is 14.8 Å². The van der Waals surface area contributed by atoms with Crippen molar-refractivity contribution in [2.24, 2.45) is 0 Å². The van der Waals surface area contributed by atoms with Gasteiger partial charge in [0, 0.05) is 6.61 Å². The van der Waals surface area contributed by atoms with Crippen LogP contribution in [0.15, 0.2) is 64.2 Å². The largest absolute Gasteiger partial charge is 0.510 e. The summed E-state index contributed by atoms with van der Waals surface area (Å²) in [5.74, 6) is 0.239. The highest BCUT2D eigenvalue weighted by Gasteiger charge is 2.21. The van der Waals surface area contributed by atoms with Gasteiger partial charge >= 0.3 is 0 Å². The average Bonchev–Trinajstić information content (AvgIpc) is 3.50. The Hall–Kier alpha value is -3.61. The van der Waals surface area contributed by atoms with E-state index in [2.05, 4.69) is 15.0 Å². The van der Waals surface area contributed by atoms with Gasteiger partial charge in [-0.25, -0.2) is 9.97 Å². The van der Waals surface area contributed by atoms with Gasteiger partial charge in [-0.3, -0.25) is 9.36 Å². The van der Waals surface area contributed by atoms with Crippen LogP contribution in [-0.2, 0) is 11.3 Å². The maximum Gasteiger partial charge on any atom is 0.262 e. The minimum Gasteiger partial charge on any atom is -0.510 e. The number of aliphatic hydroxyl groups excluding tert-OH is 1. The van der Waals surface area contributed by atoms with Gasteiger partial charge in [0.15, 0.2) is 11.0 Å². The molecule has 1 aliphatic rings. The number of nitrogens with one attached hydrogen (secondary N) is 1. The minimum absolute atomic E-state index is 0.0423. The third-order valence-corrected chi connectivity index (χ3v) is 6.59. The number of aliphatic hydroxyl groups is 1. The Kier molecular flexibility index (Phi) is 5.86. The zero-order valence-corrected chi connectivity index (χ0v) is 18.5. The van der Waals surface area contributed by atoms with E-state index in [-0.39, 0.29) is 28.7 Å². The summed E-state index contributed by atoms with van der Waals surface area (Å²) < 4.78 is 7.35. The predicted molar refractivity (Wildman–Crippen MR) is 127 cm³/mol. The number of hydrogen-bond acceptors (Lipinski definition) is 7. The highest BCUT2D eigenvalue weighted by molar-refractivity contribution is 7.99. The maximum absolute atomic E-state index is 13.2. The Labute approximate surface area is 193 Å². The van der Waals surface area contributed by atoms with Crippen molar-refractivity contribution in [3.63, 3.8) is 0 Å². The predicted octanol–water partition coefficient (Wildman–Crippen LogP) is 4.04. The molecule has 8 nitrogen and oxygen atoms in total. The van der Waals surface area contributed by atoms with E-state index in [9.17, 15) is 15.2 Å². The van der Waals surface area contributed by atoms with Crippen molar-refractivity contribution in [2.75, 3.05) is 12.4 Å². The summed E-state index contributed by atoms with van der Waals surface area (Å²) in [5.41, 5.74) is 2.01. The van der Waals surface area contributed by atoms with Gasteiger partial charge in [0.05, 0.1) is 40.3 Å². The number of aromatic amines is 1. The summed E-state index contributed by atoms with van der Waals surface area (Å²) >= 11 is 1.21. The van der Waals surface area contributed by atoms with E-state index in [1.165, 1.54) is 11.8 Å². The SMILES string of the molecule is N#C/C(=C(\O)CSc1nc2ccccc2c(=O)n1CC1CCCO1)c1nc2ccccc2[nH]1. The standard InChI is InChI=1S/C24H21N5O3S/c25-12-17(22-26-19-9-3-4-10-20(19)27-22)21(30)14-33-24-28-18-8-2-1-7-16(18)23(31)29(24)13-15-6-5-11-32-15/h1-4,7-10,15,30H,5-6,11,13-14H2,(H,26,27)/b21-17+. The molecule has 0 spiro atoms. The van der Waals surface area contributed by atoms with Crippen molar-refractivity contribution < 1.29 is 9.84 Å². The number of hydrogen-bond donors (Lipinski definition) is 2. The number of allylic oxidation sites excluding steroid dienone is 1. The number of fused-ring (bicyclic) bond motifs is 2. The molecule has 0 aliphatic carbocycles. The molecule has 1 unspecified atom stereocenters. The normalized spacial score (nSPS) is 16.8. The Balaban J connectivity index is 1.48. The molecule has 1 atom stereocenters. The molecule has 9 heteroatoms. The highest BCUT2D eigenvalue weighted by Crippen LogP contribution is 2.25. The smallest absolute Gasteiger partial charge is 0.262 e. The molecule has 5 rings (SSSR count). The van der Waals surface area contributed by atoms with Crippen LogP contribution in [0.5, 0.6) is 0 Å². The Bertz CT molecular complexity index is 1430. The number of rotatable bonds is 6. The first-order valence-electron chi connectivity index (χ1n) is 10.7. The molecule has 2 aromatic heterocycles. The monoisotopic (exact) mass is 459 g/mol. The third-order valence-electron chi connectivity index (χ3n) is 5.60. The van der Waals surface area contributed by atoms with Gasteiger partial charge in [-0.1, -0.05) is 36.0 Å². The molecule has 1 saturated heterocycles. The van der Waals surface area contributed by atoms with Crippen LogP contribution in [0.1, 0.15) is 18.7 Å². The summed E-state index contributed by atoms with van der Waals surface area (Å²) in [4.78, 5) is 25.4. The van der Waals surface area contributed by atoms with Gasteiger partial charge in [-0.05, 0) is 37.1 Å². The van der Waals surface area contributed by atoms with Crippen molar-refractivity contribution >= 4 is 39.3 Å². The molecule has 0 bridgehead atoms. The highest BCUT2D eigenvalue weighted by atomic mass is 32.2. The molecule has 0 amide bonds. The number of aromatic nitrogens is 4. The molecule has 166 valence electrons. The third kappa shape index (κ3) is 4.23. The van der Waals surface area contributed by atoms with E-state index in [0.717, 1.165) is 18.4 Å². The van der Waals surface area contributed by atoms with Crippen LogP contribution in [-0.4, -0.2) is 43.1 Å². The second kappa shape index (κ2) is 9.10. The topological polar surface area (TPSA) is 117 Å². The van der Waals surface area contributed by atoms with E-state index < -0.39 is 0 Å². The maximum atomic E-state index is 13.2. The minimum atomic E-state index is -0.139. The summed E-state index contributed by atoms with van der Waals surface area (Å²) in [6.45, 7) is 1.09.